The van der Waals surface area contributed by atoms with Crippen LogP contribution in [0.15, 0.2) is 18.7 Å². The quantitative estimate of drug-likeness (QED) is 0.740. The van der Waals surface area contributed by atoms with Crippen molar-refractivity contribution in [1.29, 1.82) is 0 Å². The van der Waals surface area contributed by atoms with Crippen molar-refractivity contribution in [3.05, 3.63) is 24.3 Å². The van der Waals surface area contributed by atoms with E-state index in [2.05, 4.69) is 13.5 Å². The van der Waals surface area contributed by atoms with Crippen molar-refractivity contribution in [3.63, 3.8) is 0 Å². The van der Waals surface area contributed by atoms with Crippen LogP contribution in [0.4, 0.5) is 0 Å². The Kier molecular flexibility index (Phi) is 4.70. The number of methoxy groups -OCH3 is 2. The minimum atomic E-state index is 0.639. The predicted octanol–water partition coefficient (Wildman–Crippen LogP) is 3.14. The molecule has 0 atom stereocenters. The standard InChI is InChI=1S/C13H18O3/c1-5-7-16-13-11(14-3)8-10(6-2)9-12(13)15-4/h6,8-9H,2,5,7H2,1,3-4H3. The molecule has 0 unspecified atom stereocenters. The number of ether oxygens (including phenoxy) is 3. The van der Waals surface area contributed by atoms with Gasteiger partial charge in [-0.15, -0.1) is 0 Å². The van der Waals surface area contributed by atoms with E-state index in [4.69, 9.17) is 14.2 Å². The molecule has 0 saturated carbocycles. The van der Waals surface area contributed by atoms with E-state index < -0.39 is 0 Å². The summed E-state index contributed by atoms with van der Waals surface area (Å²) in [4.78, 5) is 0. The summed E-state index contributed by atoms with van der Waals surface area (Å²) in [5, 5.41) is 0. The average molecular weight is 222 g/mol. The Labute approximate surface area is 96.6 Å². The van der Waals surface area contributed by atoms with Crippen LogP contribution in [0.3, 0.4) is 0 Å². The van der Waals surface area contributed by atoms with Crippen LogP contribution in [-0.4, -0.2) is 20.8 Å². The van der Waals surface area contributed by atoms with Crippen LogP contribution in [0.2, 0.25) is 0 Å². The van der Waals surface area contributed by atoms with E-state index in [9.17, 15) is 0 Å². The summed E-state index contributed by atoms with van der Waals surface area (Å²) < 4.78 is 16.2. The molecule has 0 saturated heterocycles. The predicted molar refractivity (Wildman–Crippen MR) is 65.4 cm³/mol. The van der Waals surface area contributed by atoms with Crippen LogP contribution < -0.4 is 14.2 Å². The third-order valence-corrected chi connectivity index (χ3v) is 2.17. The van der Waals surface area contributed by atoms with Crippen LogP contribution in [0.5, 0.6) is 17.2 Å². The Hall–Kier alpha value is -1.64. The molecule has 0 spiro atoms. The Bertz CT molecular complexity index is 333. The van der Waals surface area contributed by atoms with Gasteiger partial charge in [0.25, 0.3) is 0 Å². The summed E-state index contributed by atoms with van der Waals surface area (Å²) in [6, 6.07) is 3.75. The monoisotopic (exact) mass is 222 g/mol. The fourth-order valence-corrected chi connectivity index (χ4v) is 1.36. The molecule has 16 heavy (non-hydrogen) atoms. The van der Waals surface area contributed by atoms with Crippen molar-refractivity contribution < 1.29 is 14.2 Å². The Morgan fingerprint density at radius 1 is 1.19 bits per heavy atom. The third kappa shape index (κ3) is 2.69. The first-order chi connectivity index (χ1) is 7.76. The second kappa shape index (κ2) is 6.05. The van der Waals surface area contributed by atoms with Crippen LogP contribution in [-0.2, 0) is 0 Å². The second-order valence-corrected chi connectivity index (χ2v) is 3.31. The van der Waals surface area contributed by atoms with Gasteiger partial charge in [-0.25, -0.2) is 0 Å². The van der Waals surface area contributed by atoms with E-state index in [1.807, 2.05) is 12.1 Å². The van der Waals surface area contributed by atoms with Gasteiger partial charge in [-0.1, -0.05) is 19.6 Å². The summed E-state index contributed by atoms with van der Waals surface area (Å²) in [5.74, 6) is 1.99. The number of hydrogen-bond donors (Lipinski definition) is 0. The highest BCUT2D eigenvalue weighted by Crippen LogP contribution is 2.38. The molecule has 0 aliphatic rings. The molecule has 0 radical (unpaired) electrons. The Morgan fingerprint density at radius 3 is 2.12 bits per heavy atom. The lowest BCUT2D eigenvalue weighted by Gasteiger charge is -2.14. The van der Waals surface area contributed by atoms with E-state index in [1.54, 1.807) is 20.3 Å². The van der Waals surface area contributed by atoms with Gasteiger partial charge in [0, 0.05) is 0 Å². The van der Waals surface area contributed by atoms with E-state index in [0.717, 1.165) is 12.0 Å². The van der Waals surface area contributed by atoms with Crippen LogP contribution >= 0.6 is 0 Å². The molecule has 0 fully saturated rings. The Morgan fingerprint density at radius 2 is 1.75 bits per heavy atom. The molecule has 3 heteroatoms. The molecule has 0 aliphatic carbocycles. The maximum atomic E-state index is 5.61. The lowest BCUT2D eigenvalue weighted by atomic mass is 10.2. The normalized spacial score (nSPS) is 9.69. The molecular weight excluding hydrogens is 204 g/mol. The minimum Gasteiger partial charge on any atom is -0.493 e. The first-order valence-corrected chi connectivity index (χ1v) is 5.28. The summed E-state index contributed by atoms with van der Waals surface area (Å²) in [5.41, 5.74) is 0.942. The maximum Gasteiger partial charge on any atom is 0.203 e. The van der Waals surface area contributed by atoms with Gasteiger partial charge >= 0.3 is 0 Å². The summed E-state index contributed by atoms with van der Waals surface area (Å²) in [6.45, 7) is 6.41. The van der Waals surface area contributed by atoms with Crippen molar-refractivity contribution >= 4 is 6.08 Å². The van der Waals surface area contributed by atoms with Crippen LogP contribution in [0, 0.1) is 0 Å². The van der Waals surface area contributed by atoms with Gasteiger partial charge in [-0.2, -0.15) is 0 Å². The topological polar surface area (TPSA) is 27.7 Å². The molecule has 1 aromatic rings. The van der Waals surface area contributed by atoms with Crippen molar-refractivity contribution in [3.8, 4) is 17.2 Å². The number of rotatable bonds is 6. The second-order valence-electron chi connectivity index (χ2n) is 3.31. The molecule has 0 bridgehead atoms. The first-order valence-electron chi connectivity index (χ1n) is 5.28. The number of benzene rings is 1. The average Bonchev–Trinajstić information content (AvgIpc) is 2.35. The molecule has 1 aromatic carbocycles. The van der Waals surface area contributed by atoms with E-state index in [-0.39, 0.29) is 0 Å². The van der Waals surface area contributed by atoms with Gasteiger partial charge in [0.15, 0.2) is 11.5 Å². The van der Waals surface area contributed by atoms with Crippen molar-refractivity contribution in [2.75, 3.05) is 20.8 Å². The smallest absolute Gasteiger partial charge is 0.203 e. The van der Waals surface area contributed by atoms with Gasteiger partial charge in [-0.3, -0.25) is 0 Å². The molecule has 3 nitrogen and oxygen atoms in total. The van der Waals surface area contributed by atoms with Crippen LogP contribution in [0.25, 0.3) is 6.08 Å². The largest absolute Gasteiger partial charge is 0.493 e. The minimum absolute atomic E-state index is 0.639. The third-order valence-electron chi connectivity index (χ3n) is 2.17. The van der Waals surface area contributed by atoms with Crippen molar-refractivity contribution in [2.24, 2.45) is 0 Å². The fourth-order valence-electron chi connectivity index (χ4n) is 1.36. The molecule has 0 heterocycles. The van der Waals surface area contributed by atoms with Crippen molar-refractivity contribution in [1.82, 2.24) is 0 Å². The lowest BCUT2D eigenvalue weighted by Crippen LogP contribution is -2.00. The number of hydrogen-bond acceptors (Lipinski definition) is 3. The maximum absolute atomic E-state index is 5.61. The Balaban J connectivity index is 3.14. The molecule has 0 aromatic heterocycles. The zero-order chi connectivity index (χ0) is 12.0. The molecule has 1 rings (SSSR count). The highest BCUT2D eigenvalue weighted by atomic mass is 16.5. The van der Waals surface area contributed by atoms with Gasteiger partial charge in [0.1, 0.15) is 0 Å². The molecule has 0 N–H and O–H groups in total. The highest BCUT2D eigenvalue weighted by molar-refractivity contribution is 5.61. The zero-order valence-electron chi connectivity index (χ0n) is 10.1. The van der Waals surface area contributed by atoms with Crippen molar-refractivity contribution in [2.45, 2.75) is 13.3 Å². The molecule has 0 aliphatic heterocycles. The van der Waals surface area contributed by atoms with Gasteiger partial charge < -0.3 is 14.2 Å². The zero-order valence-corrected chi connectivity index (χ0v) is 10.1. The van der Waals surface area contributed by atoms with E-state index >= 15 is 0 Å². The van der Waals surface area contributed by atoms with Gasteiger partial charge in [0.05, 0.1) is 20.8 Å². The SMILES string of the molecule is C=Cc1cc(OC)c(OCCC)c(OC)c1. The van der Waals surface area contributed by atoms with Gasteiger partial charge in [0.2, 0.25) is 5.75 Å². The highest BCUT2D eigenvalue weighted by Gasteiger charge is 2.12. The first kappa shape index (κ1) is 12.4. The summed E-state index contributed by atoms with van der Waals surface area (Å²) in [6.07, 6.45) is 2.68. The van der Waals surface area contributed by atoms with E-state index in [1.165, 1.54) is 0 Å². The van der Waals surface area contributed by atoms with Crippen LogP contribution in [0.1, 0.15) is 18.9 Å². The fraction of sp³-hybridized carbons (Fsp3) is 0.385. The summed E-state index contributed by atoms with van der Waals surface area (Å²) >= 11 is 0. The molecule has 0 amide bonds. The van der Waals surface area contributed by atoms with E-state index in [0.29, 0.717) is 23.9 Å². The lowest BCUT2D eigenvalue weighted by molar-refractivity contribution is 0.275. The van der Waals surface area contributed by atoms with Gasteiger partial charge in [-0.05, 0) is 24.1 Å². The molecule has 88 valence electrons. The summed E-state index contributed by atoms with van der Waals surface area (Å²) in [7, 11) is 3.22. The molecular formula is C13H18O3.